The number of nitrogens with one attached hydrogen (secondary N) is 2. The lowest BCUT2D eigenvalue weighted by molar-refractivity contribution is 0.0691. The van der Waals surface area contributed by atoms with E-state index in [0.717, 1.165) is 48.9 Å². The van der Waals surface area contributed by atoms with Crippen LogP contribution in [0.3, 0.4) is 0 Å². The Morgan fingerprint density at radius 2 is 2.00 bits per heavy atom. The number of aromatic nitrogens is 1. The van der Waals surface area contributed by atoms with Crippen LogP contribution in [0, 0.1) is 11.8 Å². The van der Waals surface area contributed by atoms with Gasteiger partial charge in [0.15, 0.2) is 5.56 Å². The lowest BCUT2D eigenvalue weighted by Gasteiger charge is -2.23. The third kappa shape index (κ3) is 2.46. The summed E-state index contributed by atoms with van der Waals surface area (Å²) in [6.07, 6.45) is 2.14. The first-order chi connectivity index (χ1) is 13.5. The van der Waals surface area contributed by atoms with Crippen LogP contribution < -0.4 is 15.8 Å². The average Bonchev–Trinajstić information content (AvgIpc) is 3.21. The van der Waals surface area contributed by atoms with Crippen LogP contribution in [-0.4, -0.2) is 47.3 Å². The molecule has 7 heteroatoms. The smallest absolute Gasteiger partial charge is 0.345 e. The number of aromatic hydroxyl groups is 1. The molecule has 0 unspecified atom stereocenters. The van der Waals surface area contributed by atoms with E-state index in [0.29, 0.717) is 23.7 Å². The third-order valence-corrected chi connectivity index (χ3v) is 6.63. The number of aryl methyl sites for hydroxylation is 1. The fraction of sp³-hybridized carbons (Fsp3) is 0.429. The number of hydrogen-bond donors (Lipinski definition) is 4. The third-order valence-electron chi connectivity index (χ3n) is 6.63. The molecule has 1 saturated carbocycles. The van der Waals surface area contributed by atoms with Crippen LogP contribution >= 0.6 is 0 Å². The van der Waals surface area contributed by atoms with Crippen molar-refractivity contribution in [2.45, 2.75) is 25.3 Å². The highest BCUT2D eigenvalue weighted by Gasteiger charge is 2.54. The Labute approximate surface area is 162 Å². The number of H-pyrrole nitrogens is 1. The Bertz CT molecular complexity index is 1030. The second kappa shape index (κ2) is 6.10. The Balaban J connectivity index is 1.53. The van der Waals surface area contributed by atoms with Crippen LogP contribution in [0.1, 0.15) is 27.9 Å². The molecule has 7 nitrogen and oxygen atoms in total. The van der Waals surface area contributed by atoms with Gasteiger partial charge in [0, 0.05) is 35.9 Å². The monoisotopic (exact) mass is 381 g/mol. The van der Waals surface area contributed by atoms with E-state index >= 15 is 0 Å². The highest BCUT2D eigenvalue weighted by molar-refractivity contribution is 5.92. The fourth-order valence-electron chi connectivity index (χ4n) is 5.15. The topological polar surface area (TPSA) is 106 Å². The zero-order valence-corrected chi connectivity index (χ0v) is 15.7. The summed E-state index contributed by atoms with van der Waals surface area (Å²) in [5.41, 5.74) is 2.91. The molecule has 1 aromatic heterocycles. The van der Waals surface area contributed by atoms with Gasteiger partial charge < -0.3 is 25.4 Å². The van der Waals surface area contributed by atoms with E-state index in [9.17, 15) is 19.8 Å². The number of carbonyl (C=O) groups is 1. The van der Waals surface area contributed by atoms with E-state index in [2.05, 4.69) is 27.3 Å². The molecule has 0 radical (unpaired) electrons. The predicted octanol–water partition coefficient (Wildman–Crippen LogP) is 1.59. The summed E-state index contributed by atoms with van der Waals surface area (Å²) < 4.78 is 0. The maximum Gasteiger partial charge on any atom is 0.345 e. The first-order valence-electron chi connectivity index (χ1n) is 9.76. The minimum atomic E-state index is -1.41. The van der Waals surface area contributed by atoms with Crippen molar-refractivity contribution in [3.8, 4) is 17.0 Å². The molecule has 2 heterocycles. The number of fused-ring (bicyclic) bond motifs is 4. The SMILES string of the molecule is CN[C@H]1[C@@H]2CN(c3ccc4c(c3)CCCc3c-4[nH]c(=O)c(C(=O)O)c3O)C[C@@H]21. The van der Waals surface area contributed by atoms with Gasteiger partial charge in [0.1, 0.15) is 5.75 Å². The predicted molar refractivity (Wildman–Crippen MR) is 105 cm³/mol. The molecule has 1 aromatic carbocycles. The minimum absolute atomic E-state index is 0.402. The van der Waals surface area contributed by atoms with E-state index in [-0.39, 0.29) is 0 Å². The average molecular weight is 381 g/mol. The summed E-state index contributed by atoms with van der Waals surface area (Å²) >= 11 is 0. The second-order valence-corrected chi connectivity index (χ2v) is 8.08. The number of carboxylic acid groups (broad SMARTS) is 1. The lowest BCUT2D eigenvalue weighted by atomic mass is 9.99. The minimum Gasteiger partial charge on any atom is -0.506 e. The molecule has 0 bridgehead atoms. The van der Waals surface area contributed by atoms with E-state index in [1.165, 1.54) is 5.69 Å². The van der Waals surface area contributed by atoms with Gasteiger partial charge in [-0.05, 0) is 55.8 Å². The highest BCUT2D eigenvalue weighted by Crippen LogP contribution is 2.47. The van der Waals surface area contributed by atoms with Crippen molar-refractivity contribution in [2.24, 2.45) is 11.8 Å². The van der Waals surface area contributed by atoms with Gasteiger partial charge in [0.25, 0.3) is 5.56 Å². The van der Waals surface area contributed by atoms with Crippen LogP contribution in [0.15, 0.2) is 23.0 Å². The maximum atomic E-state index is 12.2. The van der Waals surface area contributed by atoms with Crippen LogP contribution in [0.2, 0.25) is 0 Å². The van der Waals surface area contributed by atoms with Crippen molar-refractivity contribution >= 4 is 11.7 Å². The number of aromatic carboxylic acids is 1. The summed E-state index contributed by atoms with van der Waals surface area (Å²) in [5.74, 6) is -0.352. The van der Waals surface area contributed by atoms with Crippen LogP contribution in [0.4, 0.5) is 5.69 Å². The normalized spacial score (nSPS) is 24.9. The molecule has 2 aliphatic carbocycles. The molecule has 5 rings (SSSR count). The fourth-order valence-corrected chi connectivity index (χ4v) is 5.15. The zero-order chi connectivity index (χ0) is 19.6. The molecule has 3 aliphatic rings. The quantitative estimate of drug-likeness (QED) is 0.643. The van der Waals surface area contributed by atoms with Gasteiger partial charge >= 0.3 is 5.97 Å². The highest BCUT2D eigenvalue weighted by atomic mass is 16.4. The number of rotatable bonds is 3. The first kappa shape index (κ1) is 17.3. The van der Waals surface area contributed by atoms with E-state index in [1.54, 1.807) is 0 Å². The van der Waals surface area contributed by atoms with Gasteiger partial charge in [0.05, 0.1) is 5.69 Å². The maximum absolute atomic E-state index is 12.2. The number of anilines is 1. The van der Waals surface area contributed by atoms with Crippen molar-refractivity contribution in [2.75, 3.05) is 25.0 Å². The van der Waals surface area contributed by atoms with Gasteiger partial charge in [-0.2, -0.15) is 0 Å². The number of pyridine rings is 1. The molecule has 2 fully saturated rings. The molecule has 146 valence electrons. The number of aromatic amines is 1. The summed E-state index contributed by atoms with van der Waals surface area (Å²) in [5, 5.41) is 23.1. The summed E-state index contributed by atoms with van der Waals surface area (Å²) in [4.78, 5) is 28.7. The Morgan fingerprint density at radius 1 is 1.25 bits per heavy atom. The van der Waals surface area contributed by atoms with Crippen molar-refractivity contribution in [3.63, 3.8) is 0 Å². The number of nitrogens with zero attached hydrogens (tertiary/aromatic N) is 1. The molecular weight excluding hydrogens is 358 g/mol. The van der Waals surface area contributed by atoms with E-state index in [4.69, 9.17) is 0 Å². The zero-order valence-electron chi connectivity index (χ0n) is 15.7. The van der Waals surface area contributed by atoms with Gasteiger partial charge in [-0.1, -0.05) is 6.07 Å². The summed E-state index contributed by atoms with van der Waals surface area (Å²) in [6, 6.07) is 6.89. The molecule has 1 aliphatic heterocycles. The number of hydrogen-bond acceptors (Lipinski definition) is 5. The van der Waals surface area contributed by atoms with Crippen LogP contribution in [0.25, 0.3) is 11.3 Å². The first-order valence-corrected chi connectivity index (χ1v) is 9.76. The van der Waals surface area contributed by atoms with E-state index in [1.807, 2.05) is 13.1 Å². The molecule has 0 amide bonds. The number of piperidine rings is 1. The van der Waals surface area contributed by atoms with Gasteiger partial charge in [0.2, 0.25) is 0 Å². The lowest BCUT2D eigenvalue weighted by Crippen LogP contribution is -2.29. The Morgan fingerprint density at radius 3 is 2.68 bits per heavy atom. The van der Waals surface area contributed by atoms with Gasteiger partial charge in [-0.15, -0.1) is 0 Å². The van der Waals surface area contributed by atoms with Crippen molar-refractivity contribution < 1.29 is 15.0 Å². The van der Waals surface area contributed by atoms with E-state index < -0.39 is 22.8 Å². The van der Waals surface area contributed by atoms with Crippen LogP contribution in [0.5, 0.6) is 5.75 Å². The van der Waals surface area contributed by atoms with Gasteiger partial charge in [-0.3, -0.25) is 4.79 Å². The Kier molecular flexibility index (Phi) is 3.77. The number of carboxylic acids is 1. The Hall–Kier alpha value is -2.80. The largest absolute Gasteiger partial charge is 0.506 e. The molecule has 3 atom stereocenters. The van der Waals surface area contributed by atoms with Crippen molar-refractivity contribution in [1.29, 1.82) is 0 Å². The molecule has 1 saturated heterocycles. The second-order valence-electron chi connectivity index (χ2n) is 8.08. The van der Waals surface area contributed by atoms with Gasteiger partial charge in [-0.25, -0.2) is 4.79 Å². The molecule has 28 heavy (non-hydrogen) atoms. The van der Waals surface area contributed by atoms with Crippen molar-refractivity contribution in [3.05, 3.63) is 45.2 Å². The molecular formula is C21H23N3O4. The summed E-state index contributed by atoms with van der Waals surface area (Å²) in [7, 11) is 2.03. The summed E-state index contributed by atoms with van der Waals surface area (Å²) in [6.45, 7) is 2.12. The molecule has 4 N–H and O–H groups in total. The van der Waals surface area contributed by atoms with Crippen LogP contribution in [-0.2, 0) is 12.8 Å². The number of benzene rings is 1. The standard InChI is InChI=1S/C21H23N3O4/c1-22-17-14-8-24(9-15(14)17)11-5-6-12-10(7-11)3-2-4-13-18(12)23-20(26)16(19(13)25)21(27)28/h5-7,14-15,17,22H,2-4,8-9H2,1H3,(H,27,28)(H2,23,25,26)/t14-,15+,17+. The molecule has 0 spiro atoms. The molecule has 2 aromatic rings. The van der Waals surface area contributed by atoms with Crippen molar-refractivity contribution in [1.82, 2.24) is 10.3 Å².